The summed E-state index contributed by atoms with van der Waals surface area (Å²) >= 11 is 0. The van der Waals surface area contributed by atoms with Crippen LogP contribution in [0, 0.1) is 6.92 Å². The topological polar surface area (TPSA) is 52.3 Å². The molecule has 2 rings (SSSR count). The number of hydrogen-bond acceptors (Lipinski definition) is 3. The monoisotopic (exact) mass is 237 g/mol. The zero-order valence-electron chi connectivity index (χ0n) is 11.0. The molecule has 1 aliphatic heterocycles. The SMILES string of the molecule is CC.Cc1ccccc1.NCC1CCC(=O)O1. The maximum Gasteiger partial charge on any atom is 0.306 e. The number of nitrogens with two attached hydrogens (primary N) is 1. The Morgan fingerprint density at radius 2 is 1.88 bits per heavy atom. The van der Waals surface area contributed by atoms with Gasteiger partial charge in [-0.2, -0.15) is 0 Å². The van der Waals surface area contributed by atoms with E-state index in [1.807, 2.05) is 32.0 Å². The highest BCUT2D eigenvalue weighted by Crippen LogP contribution is 2.11. The van der Waals surface area contributed by atoms with Crippen LogP contribution in [0.1, 0.15) is 32.3 Å². The zero-order chi connectivity index (χ0) is 13.1. The van der Waals surface area contributed by atoms with Gasteiger partial charge in [0, 0.05) is 13.0 Å². The van der Waals surface area contributed by atoms with E-state index in [9.17, 15) is 4.79 Å². The van der Waals surface area contributed by atoms with Gasteiger partial charge in [0.25, 0.3) is 0 Å². The fourth-order valence-electron chi connectivity index (χ4n) is 1.28. The number of carbonyl (C=O) groups excluding carboxylic acids is 1. The maximum atomic E-state index is 10.3. The molecule has 1 aromatic carbocycles. The molecule has 0 radical (unpaired) electrons. The second-order valence-electron chi connectivity index (χ2n) is 3.54. The van der Waals surface area contributed by atoms with Gasteiger partial charge in [0.05, 0.1) is 0 Å². The summed E-state index contributed by atoms with van der Waals surface area (Å²) < 4.78 is 4.75. The summed E-state index contributed by atoms with van der Waals surface area (Å²) in [6, 6.07) is 10.3. The van der Waals surface area contributed by atoms with Crippen molar-refractivity contribution in [2.24, 2.45) is 5.73 Å². The third-order valence-electron chi connectivity index (χ3n) is 2.17. The van der Waals surface area contributed by atoms with Gasteiger partial charge in [-0.25, -0.2) is 0 Å². The molecule has 0 amide bonds. The Morgan fingerprint density at radius 3 is 2.12 bits per heavy atom. The predicted molar refractivity (Wildman–Crippen MR) is 70.7 cm³/mol. The predicted octanol–water partition coefficient (Wildman–Crippen LogP) is 2.67. The maximum absolute atomic E-state index is 10.3. The first-order chi connectivity index (χ1) is 8.22. The number of cyclic esters (lactones) is 1. The van der Waals surface area contributed by atoms with Gasteiger partial charge in [0.15, 0.2) is 0 Å². The molecule has 0 bridgehead atoms. The molecule has 1 heterocycles. The third kappa shape index (κ3) is 7.53. The number of rotatable bonds is 1. The largest absolute Gasteiger partial charge is 0.461 e. The van der Waals surface area contributed by atoms with Gasteiger partial charge >= 0.3 is 5.97 Å². The minimum Gasteiger partial charge on any atom is -0.461 e. The van der Waals surface area contributed by atoms with Crippen LogP contribution in [0.4, 0.5) is 0 Å². The van der Waals surface area contributed by atoms with Crippen LogP contribution in [0.25, 0.3) is 0 Å². The van der Waals surface area contributed by atoms with Crippen molar-refractivity contribution < 1.29 is 9.53 Å². The Morgan fingerprint density at radius 1 is 1.29 bits per heavy atom. The Hall–Kier alpha value is -1.35. The van der Waals surface area contributed by atoms with Crippen LogP contribution in [0.15, 0.2) is 30.3 Å². The van der Waals surface area contributed by atoms with Crippen molar-refractivity contribution in [3.05, 3.63) is 35.9 Å². The molecule has 96 valence electrons. The van der Waals surface area contributed by atoms with E-state index in [-0.39, 0.29) is 12.1 Å². The molecule has 3 nitrogen and oxygen atoms in total. The van der Waals surface area contributed by atoms with E-state index in [0.717, 1.165) is 6.42 Å². The number of benzene rings is 1. The van der Waals surface area contributed by atoms with Gasteiger partial charge in [-0.05, 0) is 13.3 Å². The lowest BCUT2D eigenvalue weighted by Crippen LogP contribution is -2.18. The molecular weight excluding hydrogens is 214 g/mol. The summed E-state index contributed by atoms with van der Waals surface area (Å²) in [6.45, 7) is 6.55. The first-order valence-electron chi connectivity index (χ1n) is 6.13. The molecule has 17 heavy (non-hydrogen) atoms. The fraction of sp³-hybridized carbons (Fsp3) is 0.500. The van der Waals surface area contributed by atoms with Crippen LogP contribution in [0.2, 0.25) is 0 Å². The summed E-state index contributed by atoms with van der Waals surface area (Å²) in [5.74, 6) is -0.111. The number of esters is 1. The molecule has 1 unspecified atom stereocenters. The van der Waals surface area contributed by atoms with Crippen molar-refractivity contribution in [1.82, 2.24) is 0 Å². The Balaban J connectivity index is 0.000000265. The zero-order valence-corrected chi connectivity index (χ0v) is 11.0. The van der Waals surface area contributed by atoms with Crippen molar-refractivity contribution in [2.45, 2.75) is 39.7 Å². The van der Waals surface area contributed by atoms with E-state index in [1.165, 1.54) is 5.56 Å². The second kappa shape index (κ2) is 9.85. The van der Waals surface area contributed by atoms with Crippen molar-refractivity contribution >= 4 is 5.97 Å². The highest BCUT2D eigenvalue weighted by Gasteiger charge is 2.20. The lowest BCUT2D eigenvalue weighted by molar-refractivity contribution is -0.141. The first-order valence-corrected chi connectivity index (χ1v) is 6.13. The molecular formula is C14H23NO2. The highest BCUT2D eigenvalue weighted by molar-refractivity contribution is 5.71. The van der Waals surface area contributed by atoms with Gasteiger partial charge in [-0.1, -0.05) is 49.7 Å². The van der Waals surface area contributed by atoms with E-state index in [1.54, 1.807) is 0 Å². The third-order valence-corrected chi connectivity index (χ3v) is 2.17. The minimum atomic E-state index is -0.111. The smallest absolute Gasteiger partial charge is 0.306 e. The summed E-state index contributed by atoms with van der Waals surface area (Å²) in [5.41, 5.74) is 6.54. The Labute approximate surface area is 104 Å². The van der Waals surface area contributed by atoms with Gasteiger partial charge < -0.3 is 10.5 Å². The summed E-state index contributed by atoms with van der Waals surface area (Å²) in [7, 11) is 0. The first kappa shape index (κ1) is 15.7. The summed E-state index contributed by atoms with van der Waals surface area (Å²) in [6.07, 6.45) is 1.35. The standard InChI is InChI=1S/C7H8.C5H9NO2.C2H6/c1-7-5-3-2-4-6-7;6-3-4-1-2-5(7)8-4;1-2/h2-6H,1H3;4H,1-3,6H2;1-2H3. The molecule has 0 aliphatic carbocycles. The van der Waals surface area contributed by atoms with Crippen LogP contribution in [0.5, 0.6) is 0 Å². The second-order valence-corrected chi connectivity index (χ2v) is 3.54. The molecule has 0 aromatic heterocycles. The molecule has 0 spiro atoms. The van der Waals surface area contributed by atoms with Crippen molar-refractivity contribution in [2.75, 3.05) is 6.54 Å². The van der Waals surface area contributed by atoms with Gasteiger partial charge in [-0.15, -0.1) is 0 Å². The van der Waals surface area contributed by atoms with E-state index in [0.29, 0.717) is 13.0 Å². The Kier molecular flexibility index (Phi) is 9.06. The van der Waals surface area contributed by atoms with E-state index >= 15 is 0 Å². The highest BCUT2D eigenvalue weighted by atomic mass is 16.5. The Bertz CT molecular complexity index is 298. The van der Waals surface area contributed by atoms with Crippen LogP contribution >= 0.6 is 0 Å². The number of carbonyl (C=O) groups is 1. The molecule has 2 N–H and O–H groups in total. The molecule has 1 atom stereocenters. The average Bonchev–Trinajstić information content (AvgIpc) is 2.79. The summed E-state index contributed by atoms with van der Waals surface area (Å²) in [4.78, 5) is 10.3. The van der Waals surface area contributed by atoms with E-state index in [4.69, 9.17) is 10.5 Å². The fourth-order valence-corrected chi connectivity index (χ4v) is 1.28. The lowest BCUT2D eigenvalue weighted by Gasteiger charge is -2.01. The quantitative estimate of drug-likeness (QED) is 0.764. The molecule has 0 saturated carbocycles. The molecule has 1 aromatic rings. The van der Waals surface area contributed by atoms with Crippen LogP contribution in [-0.2, 0) is 9.53 Å². The minimum absolute atomic E-state index is 0.00231. The van der Waals surface area contributed by atoms with Gasteiger partial charge in [-0.3, -0.25) is 4.79 Å². The molecule has 1 fully saturated rings. The number of ether oxygens (including phenoxy) is 1. The average molecular weight is 237 g/mol. The van der Waals surface area contributed by atoms with Crippen LogP contribution in [-0.4, -0.2) is 18.6 Å². The van der Waals surface area contributed by atoms with Crippen LogP contribution < -0.4 is 5.73 Å². The number of hydrogen-bond donors (Lipinski definition) is 1. The lowest BCUT2D eigenvalue weighted by atomic mass is 10.2. The molecule has 1 aliphatic rings. The molecule has 1 saturated heterocycles. The normalized spacial score (nSPS) is 17.2. The van der Waals surface area contributed by atoms with Crippen LogP contribution in [0.3, 0.4) is 0 Å². The van der Waals surface area contributed by atoms with E-state index in [2.05, 4.69) is 19.1 Å². The number of aryl methyl sites for hydroxylation is 1. The van der Waals surface area contributed by atoms with Gasteiger partial charge in [0.1, 0.15) is 6.10 Å². The molecule has 3 heteroatoms. The van der Waals surface area contributed by atoms with Gasteiger partial charge in [0.2, 0.25) is 0 Å². The van der Waals surface area contributed by atoms with E-state index < -0.39 is 0 Å². The van der Waals surface area contributed by atoms with Crippen molar-refractivity contribution in [1.29, 1.82) is 0 Å². The van der Waals surface area contributed by atoms with Crippen molar-refractivity contribution in [3.63, 3.8) is 0 Å². The summed E-state index contributed by atoms with van der Waals surface area (Å²) in [5, 5.41) is 0. The van der Waals surface area contributed by atoms with Crippen molar-refractivity contribution in [3.8, 4) is 0 Å².